The van der Waals surface area contributed by atoms with E-state index in [2.05, 4.69) is 24.3 Å². The van der Waals surface area contributed by atoms with Crippen LogP contribution >= 0.6 is 0 Å². The molecule has 2 bridgehead atoms. The van der Waals surface area contributed by atoms with Gasteiger partial charge in [0.2, 0.25) is 0 Å². The van der Waals surface area contributed by atoms with E-state index < -0.39 is 5.60 Å². The van der Waals surface area contributed by atoms with Gasteiger partial charge in [0.1, 0.15) is 17.8 Å². The van der Waals surface area contributed by atoms with E-state index in [0.717, 1.165) is 11.1 Å². The molecule has 0 radical (unpaired) electrons. The first-order chi connectivity index (χ1) is 11.9. The maximum atomic E-state index is 6.15. The van der Waals surface area contributed by atoms with Crippen molar-refractivity contribution < 1.29 is 18.9 Å². The van der Waals surface area contributed by atoms with Gasteiger partial charge in [-0.15, -0.1) is 0 Å². The summed E-state index contributed by atoms with van der Waals surface area (Å²) in [6, 6.07) is 20.3. The fourth-order valence-electron chi connectivity index (χ4n) is 3.36. The third-order valence-corrected chi connectivity index (χ3v) is 4.66. The van der Waals surface area contributed by atoms with E-state index in [1.165, 1.54) is 0 Å². The summed E-state index contributed by atoms with van der Waals surface area (Å²) in [5, 5.41) is 0. The van der Waals surface area contributed by atoms with Crippen LogP contribution in [0.25, 0.3) is 0 Å². The summed E-state index contributed by atoms with van der Waals surface area (Å²) in [7, 11) is 0. The first-order valence-corrected chi connectivity index (χ1v) is 8.38. The van der Waals surface area contributed by atoms with Crippen LogP contribution in [0.1, 0.15) is 11.1 Å². The summed E-state index contributed by atoms with van der Waals surface area (Å²) in [5.41, 5.74) is 1.84. The zero-order chi connectivity index (χ0) is 16.2. The van der Waals surface area contributed by atoms with Gasteiger partial charge in [-0.05, 0) is 11.1 Å². The van der Waals surface area contributed by atoms with Crippen molar-refractivity contribution >= 4 is 0 Å². The van der Waals surface area contributed by atoms with Crippen molar-refractivity contribution in [1.82, 2.24) is 0 Å². The molecule has 0 aliphatic carbocycles. The predicted octanol–water partition coefficient (Wildman–Crippen LogP) is 2.96. The van der Waals surface area contributed by atoms with Crippen LogP contribution in [0.3, 0.4) is 0 Å². The molecule has 4 rings (SSSR count). The molecule has 2 fully saturated rings. The second-order valence-corrected chi connectivity index (χ2v) is 6.42. The quantitative estimate of drug-likeness (QED) is 0.784. The molecule has 0 N–H and O–H groups in total. The van der Waals surface area contributed by atoms with E-state index in [0.29, 0.717) is 33.0 Å². The molecule has 2 aromatic rings. The topological polar surface area (TPSA) is 36.9 Å². The highest BCUT2D eigenvalue weighted by atomic mass is 16.7. The van der Waals surface area contributed by atoms with Crippen molar-refractivity contribution in [2.45, 2.75) is 31.0 Å². The molecule has 1 unspecified atom stereocenters. The number of fused-ring (bicyclic) bond motifs is 2. The maximum Gasteiger partial charge on any atom is 0.143 e. The first kappa shape index (κ1) is 15.8. The Morgan fingerprint density at radius 1 is 0.917 bits per heavy atom. The molecule has 3 atom stereocenters. The summed E-state index contributed by atoms with van der Waals surface area (Å²) in [6.45, 7) is 2.73. The van der Waals surface area contributed by atoms with Gasteiger partial charge in [-0.25, -0.2) is 0 Å². The fraction of sp³-hybridized carbons (Fsp3) is 0.400. The van der Waals surface area contributed by atoms with E-state index >= 15 is 0 Å². The summed E-state index contributed by atoms with van der Waals surface area (Å²) in [6.07, 6.45) is -0.0671. The lowest BCUT2D eigenvalue weighted by atomic mass is 10.0. The summed E-state index contributed by atoms with van der Waals surface area (Å²) >= 11 is 0. The Morgan fingerprint density at radius 3 is 2.21 bits per heavy atom. The largest absolute Gasteiger partial charge is 0.374 e. The van der Waals surface area contributed by atoms with Crippen LogP contribution in [0.5, 0.6) is 0 Å². The van der Waals surface area contributed by atoms with Gasteiger partial charge in [0, 0.05) is 0 Å². The van der Waals surface area contributed by atoms with Gasteiger partial charge < -0.3 is 18.9 Å². The van der Waals surface area contributed by atoms with Crippen molar-refractivity contribution in [2.75, 3.05) is 19.8 Å². The lowest BCUT2D eigenvalue weighted by Crippen LogP contribution is -2.46. The zero-order valence-electron chi connectivity index (χ0n) is 13.6. The number of rotatable bonds is 7. The average Bonchev–Trinajstić information content (AvgIpc) is 3.16. The smallest absolute Gasteiger partial charge is 0.143 e. The Kier molecular flexibility index (Phi) is 4.63. The minimum Gasteiger partial charge on any atom is -0.374 e. The third-order valence-electron chi connectivity index (χ3n) is 4.66. The van der Waals surface area contributed by atoms with Crippen molar-refractivity contribution in [3.8, 4) is 0 Å². The highest BCUT2D eigenvalue weighted by Gasteiger charge is 2.57. The molecule has 2 saturated heterocycles. The highest BCUT2D eigenvalue weighted by molar-refractivity contribution is 5.15. The van der Waals surface area contributed by atoms with Gasteiger partial charge in [0.15, 0.2) is 0 Å². The lowest BCUT2D eigenvalue weighted by molar-refractivity contribution is -0.144. The molecule has 2 heterocycles. The van der Waals surface area contributed by atoms with Crippen LogP contribution in [0.15, 0.2) is 60.7 Å². The Bertz CT molecular complexity index is 635. The molecule has 0 saturated carbocycles. The van der Waals surface area contributed by atoms with Crippen molar-refractivity contribution in [1.29, 1.82) is 0 Å². The molecule has 2 aliphatic rings. The molecule has 4 heteroatoms. The number of hydrogen-bond donors (Lipinski definition) is 0. The second-order valence-electron chi connectivity index (χ2n) is 6.42. The Morgan fingerprint density at radius 2 is 1.58 bits per heavy atom. The van der Waals surface area contributed by atoms with E-state index in [1.807, 2.05) is 36.4 Å². The van der Waals surface area contributed by atoms with Crippen LogP contribution < -0.4 is 0 Å². The van der Waals surface area contributed by atoms with E-state index in [9.17, 15) is 0 Å². The van der Waals surface area contributed by atoms with Gasteiger partial charge in [0.05, 0.1) is 33.0 Å². The first-order valence-electron chi connectivity index (χ1n) is 8.38. The molecule has 0 aromatic heterocycles. The van der Waals surface area contributed by atoms with Crippen LogP contribution in [-0.4, -0.2) is 37.6 Å². The number of ether oxygens (including phenoxy) is 4. The summed E-state index contributed by atoms with van der Waals surface area (Å²) in [4.78, 5) is 0. The molecule has 0 amide bonds. The zero-order valence-corrected chi connectivity index (χ0v) is 13.6. The van der Waals surface area contributed by atoms with Crippen LogP contribution in [0.2, 0.25) is 0 Å². The molecular formula is C20H22O4. The van der Waals surface area contributed by atoms with Gasteiger partial charge in [-0.3, -0.25) is 0 Å². The van der Waals surface area contributed by atoms with Crippen LogP contribution in [0, 0.1) is 0 Å². The Hall–Kier alpha value is -1.72. The Labute approximate surface area is 142 Å². The summed E-state index contributed by atoms with van der Waals surface area (Å²) < 4.78 is 23.9. The molecular weight excluding hydrogens is 304 g/mol. The van der Waals surface area contributed by atoms with Gasteiger partial charge in [0.25, 0.3) is 0 Å². The van der Waals surface area contributed by atoms with E-state index in [1.54, 1.807) is 0 Å². The summed E-state index contributed by atoms with van der Waals surface area (Å²) in [5.74, 6) is 0. The normalized spacial score (nSPS) is 28.3. The van der Waals surface area contributed by atoms with Crippen molar-refractivity contribution in [2.24, 2.45) is 0 Å². The monoisotopic (exact) mass is 326 g/mol. The minimum atomic E-state index is -0.478. The fourth-order valence-corrected chi connectivity index (χ4v) is 3.36. The van der Waals surface area contributed by atoms with Crippen LogP contribution in [-0.2, 0) is 32.2 Å². The maximum absolute atomic E-state index is 6.15. The van der Waals surface area contributed by atoms with Gasteiger partial charge in [-0.2, -0.15) is 0 Å². The molecule has 2 aromatic carbocycles. The minimum absolute atomic E-state index is 0.00837. The third kappa shape index (κ3) is 3.23. The van der Waals surface area contributed by atoms with Crippen molar-refractivity contribution in [3.05, 3.63) is 71.8 Å². The molecule has 24 heavy (non-hydrogen) atoms. The number of benzene rings is 2. The van der Waals surface area contributed by atoms with E-state index in [-0.39, 0.29) is 12.2 Å². The molecule has 0 spiro atoms. The standard InChI is InChI=1S/C20H22O4/c1-3-7-16(8-4-1)11-21-14-20-15-23-18(13-24-20)19(20)22-12-17-9-5-2-6-10-17/h1-10,18-19H,11-15H2/t18-,19+,20?/m1/s1. The second kappa shape index (κ2) is 7.03. The predicted molar refractivity (Wildman–Crippen MR) is 89.5 cm³/mol. The highest BCUT2D eigenvalue weighted by Crippen LogP contribution is 2.38. The SMILES string of the molecule is c1ccc(COCC23CO[C@H](CO2)[C@@H]3OCc2ccccc2)cc1. The average molecular weight is 326 g/mol. The molecule has 2 aliphatic heterocycles. The lowest BCUT2D eigenvalue weighted by Gasteiger charge is -2.29. The van der Waals surface area contributed by atoms with Gasteiger partial charge >= 0.3 is 0 Å². The Balaban J connectivity index is 1.35. The van der Waals surface area contributed by atoms with E-state index in [4.69, 9.17) is 18.9 Å². The number of hydrogen-bond acceptors (Lipinski definition) is 4. The van der Waals surface area contributed by atoms with Crippen LogP contribution in [0.4, 0.5) is 0 Å². The molecule has 4 nitrogen and oxygen atoms in total. The molecule has 126 valence electrons. The van der Waals surface area contributed by atoms with Gasteiger partial charge in [-0.1, -0.05) is 60.7 Å². The van der Waals surface area contributed by atoms with Crippen molar-refractivity contribution in [3.63, 3.8) is 0 Å².